The molecule has 0 heterocycles. The van der Waals surface area contributed by atoms with Crippen molar-refractivity contribution in [3.8, 4) is 0 Å². The zero-order valence-electron chi connectivity index (χ0n) is 19.0. The third kappa shape index (κ3) is 5.09. The third-order valence-electron chi connectivity index (χ3n) is 8.83. The first-order valence-electron chi connectivity index (χ1n) is 12.7. The lowest BCUT2D eigenvalue weighted by molar-refractivity contribution is 0.0748. The van der Waals surface area contributed by atoms with E-state index in [2.05, 4.69) is 30.9 Å². The summed E-state index contributed by atoms with van der Waals surface area (Å²) in [7, 11) is 0. The van der Waals surface area contributed by atoms with Gasteiger partial charge in [0.15, 0.2) is 0 Å². The molecule has 0 aliphatic heterocycles. The Balaban J connectivity index is 1.31. The van der Waals surface area contributed by atoms with Gasteiger partial charge in [0.25, 0.3) is 0 Å². The van der Waals surface area contributed by atoms with E-state index in [0.717, 1.165) is 48.0 Å². The topological polar surface area (TPSA) is 0 Å². The van der Waals surface area contributed by atoms with Crippen LogP contribution in [-0.2, 0) is 6.42 Å². The molecule has 3 saturated carbocycles. The van der Waals surface area contributed by atoms with Gasteiger partial charge in [-0.25, -0.2) is 4.39 Å². The lowest BCUT2D eigenvalue weighted by atomic mass is 9.60. The summed E-state index contributed by atoms with van der Waals surface area (Å²) < 4.78 is 14.6. The van der Waals surface area contributed by atoms with E-state index in [0.29, 0.717) is 5.92 Å². The molecule has 164 valence electrons. The van der Waals surface area contributed by atoms with E-state index >= 15 is 0 Å². The fraction of sp³-hybridized carbons (Fsp3) is 0.655. The fourth-order valence-electron chi connectivity index (χ4n) is 6.93. The summed E-state index contributed by atoms with van der Waals surface area (Å²) in [6, 6.07) is 6.14. The van der Waals surface area contributed by atoms with Gasteiger partial charge in [-0.05, 0) is 137 Å². The second-order valence-corrected chi connectivity index (χ2v) is 10.5. The number of allylic oxidation sites excluding steroid dienone is 3. The number of rotatable bonds is 6. The Bertz CT molecular complexity index is 724. The van der Waals surface area contributed by atoms with Gasteiger partial charge >= 0.3 is 0 Å². The molecule has 4 unspecified atom stereocenters. The number of hydrogen-bond donors (Lipinski definition) is 0. The van der Waals surface area contributed by atoms with Crippen molar-refractivity contribution < 1.29 is 4.39 Å². The monoisotopic (exact) mass is 408 g/mol. The second kappa shape index (κ2) is 10.3. The molecule has 0 bridgehead atoms. The highest BCUT2D eigenvalue weighted by Gasteiger charge is 2.38. The molecule has 4 rings (SSSR count). The Morgan fingerprint density at radius 2 is 1.57 bits per heavy atom. The minimum absolute atomic E-state index is 0.0120. The molecule has 0 aromatic heterocycles. The summed E-state index contributed by atoms with van der Waals surface area (Å²) in [5.74, 6) is 5.13. The van der Waals surface area contributed by atoms with Crippen LogP contribution in [0.5, 0.6) is 0 Å². The van der Waals surface area contributed by atoms with Gasteiger partial charge in [-0.3, -0.25) is 0 Å². The third-order valence-corrected chi connectivity index (χ3v) is 8.83. The van der Waals surface area contributed by atoms with Gasteiger partial charge in [-0.1, -0.05) is 30.4 Å². The van der Waals surface area contributed by atoms with Crippen molar-refractivity contribution in [1.29, 1.82) is 0 Å². The smallest absolute Gasteiger partial charge is 0.126 e. The summed E-state index contributed by atoms with van der Waals surface area (Å²) >= 11 is 0. The van der Waals surface area contributed by atoms with Crippen LogP contribution in [0.25, 0.3) is 0 Å². The van der Waals surface area contributed by atoms with E-state index in [9.17, 15) is 4.39 Å². The Morgan fingerprint density at radius 1 is 0.900 bits per heavy atom. The van der Waals surface area contributed by atoms with E-state index in [1.165, 1.54) is 69.8 Å². The maximum atomic E-state index is 14.6. The Morgan fingerprint density at radius 3 is 2.27 bits per heavy atom. The molecule has 0 radical (unpaired) electrons. The van der Waals surface area contributed by atoms with E-state index in [4.69, 9.17) is 0 Å². The predicted octanol–water partition coefficient (Wildman–Crippen LogP) is 8.63. The van der Waals surface area contributed by atoms with Gasteiger partial charge in [-0.2, -0.15) is 0 Å². The summed E-state index contributed by atoms with van der Waals surface area (Å²) in [5, 5.41) is 0. The van der Waals surface area contributed by atoms with Gasteiger partial charge in [0, 0.05) is 0 Å². The van der Waals surface area contributed by atoms with Crippen LogP contribution in [-0.4, -0.2) is 0 Å². The molecule has 30 heavy (non-hydrogen) atoms. The lowest BCUT2D eigenvalue weighted by Gasteiger charge is -2.45. The molecule has 3 fully saturated rings. The minimum Gasteiger partial charge on any atom is -0.207 e. The molecule has 1 aromatic carbocycles. The average molecular weight is 409 g/mol. The van der Waals surface area contributed by atoms with Crippen LogP contribution in [0.1, 0.15) is 94.6 Å². The molecule has 0 saturated heterocycles. The van der Waals surface area contributed by atoms with Crippen LogP contribution in [0.15, 0.2) is 43.0 Å². The van der Waals surface area contributed by atoms with Crippen molar-refractivity contribution in [2.24, 2.45) is 29.6 Å². The van der Waals surface area contributed by atoms with Gasteiger partial charge in [0.2, 0.25) is 0 Å². The van der Waals surface area contributed by atoms with E-state index in [1.54, 1.807) is 0 Å². The molecular formula is C29H41F. The largest absolute Gasteiger partial charge is 0.207 e. The normalized spacial score (nSPS) is 34.6. The molecule has 3 aliphatic carbocycles. The van der Waals surface area contributed by atoms with Crippen LogP contribution >= 0.6 is 0 Å². The van der Waals surface area contributed by atoms with Crippen molar-refractivity contribution >= 4 is 0 Å². The summed E-state index contributed by atoms with van der Waals surface area (Å²) in [6.07, 6.45) is 21.9. The highest BCUT2D eigenvalue weighted by Crippen LogP contribution is 2.51. The zero-order valence-corrected chi connectivity index (χ0v) is 19.0. The van der Waals surface area contributed by atoms with Crippen LogP contribution in [0.4, 0.5) is 4.39 Å². The zero-order chi connectivity index (χ0) is 20.9. The molecule has 1 heteroatoms. The van der Waals surface area contributed by atoms with Gasteiger partial charge in [0.1, 0.15) is 5.82 Å². The van der Waals surface area contributed by atoms with Crippen molar-refractivity contribution in [2.75, 3.05) is 0 Å². The predicted molar refractivity (Wildman–Crippen MR) is 126 cm³/mol. The van der Waals surface area contributed by atoms with Crippen LogP contribution < -0.4 is 0 Å². The molecule has 0 nitrogen and oxygen atoms in total. The van der Waals surface area contributed by atoms with Crippen molar-refractivity contribution in [2.45, 2.75) is 89.9 Å². The summed E-state index contributed by atoms with van der Waals surface area (Å²) in [5.41, 5.74) is 2.13. The number of benzene rings is 1. The van der Waals surface area contributed by atoms with Crippen LogP contribution in [0.2, 0.25) is 0 Å². The molecule has 1 aromatic rings. The van der Waals surface area contributed by atoms with Crippen molar-refractivity contribution in [3.05, 3.63) is 60.0 Å². The maximum Gasteiger partial charge on any atom is 0.126 e. The van der Waals surface area contributed by atoms with Crippen LogP contribution in [0.3, 0.4) is 0 Å². The van der Waals surface area contributed by atoms with Crippen LogP contribution in [0, 0.1) is 35.4 Å². The Kier molecular flexibility index (Phi) is 7.50. The van der Waals surface area contributed by atoms with Crippen molar-refractivity contribution in [3.63, 3.8) is 0 Å². The molecule has 0 N–H and O–H groups in total. The highest BCUT2D eigenvalue weighted by molar-refractivity contribution is 5.28. The van der Waals surface area contributed by atoms with E-state index in [1.807, 2.05) is 19.1 Å². The number of fused-ring (bicyclic) bond motifs is 1. The average Bonchev–Trinajstić information content (AvgIpc) is 2.79. The minimum atomic E-state index is 0.0120. The first kappa shape index (κ1) is 21.8. The Labute approximate surface area is 184 Å². The van der Waals surface area contributed by atoms with Gasteiger partial charge in [-0.15, -0.1) is 6.58 Å². The summed E-state index contributed by atoms with van der Waals surface area (Å²) in [6.45, 7) is 6.03. The fourth-order valence-corrected chi connectivity index (χ4v) is 6.93. The summed E-state index contributed by atoms with van der Waals surface area (Å²) in [4.78, 5) is 0. The van der Waals surface area contributed by atoms with E-state index in [-0.39, 0.29) is 5.82 Å². The lowest BCUT2D eigenvalue weighted by Crippen LogP contribution is -2.34. The number of halogens is 1. The maximum absolute atomic E-state index is 14.6. The quantitative estimate of drug-likeness (QED) is 0.413. The standard InChI is InChI=1S/C29H41F/c1-3-5-6-7-23-12-13-28(20-29(23)30)27-17-16-25-18-24(14-15-26(25)19-27)22-10-8-21(4-2)9-11-22/h3-5,12-13,20-22,24-27H,2,6-11,14-19H2,1H3/b5-3+. The molecular weight excluding hydrogens is 367 g/mol. The second-order valence-electron chi connectivity index (χ2n) is 10.5. The number of hydrogen-bond acceptors (Lipinski definition) is 0. The highest BCUT2D eigenvalue weighted by atomic mass is 19.1. The van der Waals surface area contributed by atoms with Gasteiger partial charge < -0.3 is 0 Å². The molecule has 3 aliphatic rings. The number of aryl methyl sites for hydroxylation is 1. The first-order valence-corrected chi connectivity index (χ1v) is 12.7. The molecule has 0 spiro atoms. The first-order chi connectivity index (χ1) is 14.7. The Hall–Kier alpha value is -1.37. The molecule has 4 atom stereocenters. The van der Waals surface area contributed by atoms with Gasteiger partial charge in [0.05, 0.1) is 0 Å². The molecule has 0 amide bonds. The van der Waals surface area contributed by atoms with Crippen molar-refractivity contribution in [1.82, 2.24) is 0 Å². The SMILES string of the molecule is C=CC1CCC(C2CCC3CC(c4ccc(CC/C=C/C)c(F)c4)CCC3C2)CC1. The van der Waals surface area contributed by atoms with E-state index < -0.39 is 0 Å².